The van der Waals surface area contributed by atoms with E-state index in [0.717, 1.165) is 0 Å². The largest absolute Gasteiger partial charge is 0.496 e. The second kappa shape index (κ2) is 8.67. The van der Waals surface area contributed by atoms with E-state index in [4.69, 9.17) is 24.1 Å². The first kappa shape index (κ1) is 18.3. The van der Waals surface area contributed by atoms with E-state index in [9.17, 15) is 9.59 Å². The van der Waals surface area contributed by atoms with Crippen molar-refractivity contribution in [3.05, 3.63) is 23.3 Å². The lowest BCUT2D eigenvalue weighted by Crippen LogP contribution is -2.11. The number of hydrogen-bond donors (Lipinski definition) is 1. The molecule has 1 aromatic rings. The molecule has 0 saturated heterocycles. The summed E-state index contributed by atoms with van der Waals surface area (Å²) in [6.45, 7) is 1.80. The highest BCUT2D eigenvalue weighted by atomic mass is 16.5. The van der Waals surface area contributed by atoms with E-state index in [1.165, 1.54) is 27.4 Å². The molecule has 0 fully saturated rings. The quantitative estimate of drug-likeness (QED) is 0.578. The van der Waals surface area contributed by atoms with E-state index in [1.54, 1.807) is 19.1 Å². The minimum absolute atomic E-state index is 0.00451. The normalized spacial score (nSPS) is 10.9. The fourth-order valence-electron chi connectivity index (χ4n) is 1.92. The monoisotopic (exact) mass is 324 g/mol. The van der Waals surface area contributed by atoms with Gasteiger partial charge in [-0.2, -0.15) is 0 Å². The van der Waals surface area contributed by atoms with Gasteiger partial charge in [-0.1, -0.05) is 0 Å². The molecule has 0 unspecified atom stereocenters. The van der Waals surface area contributed by atoms with Crippen LogP contribution in [0.2, 0.25) is 0 Å². The summed E-state index contributed by atoms with van der Waals surface area (Å²) in [5, 5.41) is 8.96. The SMILES string of the molecule is CCOC(=O)/C(=C/c1cc(OC)c(OC)cc1OC)CC(=O)O. The number of benzene rings is 1. The molecule has 0 amide bonds. The molecule has 7 heteroatoms. The second-order valence-corrected chi connectivity index (χ2v) is 4.41. The van der Waals surface area contributed by atoms with E-state index in [1.807, 2.05) is 0 Å². The Bertz CT molecular complexity index is 605. The summed E-state index contributed by atoms with van der Waals surface area (Å²) < 4.78 is 20.5. The van der Waals surface area contributed by atoms with Crippen LogP contribution in [0, 0.1) is 0 Å². The van der Waals surface area contributed by atoms with Crippen LogP contribution in [0.1, 0.15) is 18.9 Å². The van der Waals surface area contributed by atoms with Crippen molar-refractivity contribution in [2.75, 3.05) is 27.9 Å². The number of ether oxygens (including phenoxy) is 4. The van der Waals surface area contributed by atoms with Crippen molar-refractivity contribution in [3.63, 3.8) is 0 Å². The van der Waals surface area contributed by atoms with Gasteiger partial charge in [-0.25, -0.2) is 4.79 Å². The van der Waals surface area contributed by atoms with Crippen molar-refractivity contribution >= 4 is 18.0 Å². The van der Waals surface area contributed by atoms with E-state index >= 15 is 0 Å². The number of rotatable bonds is 8. The molecule has 0 radical (unpaired) electrons. The van der Waals surface area contributed by atoms with Crippen molar-refractivity contribution in [1.82, 2.24) is 0 Å². The second-order valence-electron chi connectivity index (χ2n) is 4.41. The van der Waals surface area contributed by atoms with Crippen molar-refractivity contribution in [1.29, 1.82) is 0 Å². The molecule has 0 aliphatic rings. The van der Waals surface area contributed by atoms with Gasteiger partial charge in [0, 0.05) is 17.2 Å². The molecular formula is C16H20O7. The molecule has 7 nitrogen and oxygen atoms in total. The molecule has 0 spiro atoms. The first-order valence-electron chi connectivity index (χ1n) is 6.86. The minimum Gasteiger partial charge on any atom is -0.496 e. The zero-order valence-electron chi connectivity index (χ0n) is 13.5. The van der Waals surface area contributed by atoms with Crippen LogP contribution in [0.4, 0.5) is 0 Å². The molecular weight excluding hydrogens is 304 g/mol. The number of carboxylic acid groups (broad SMARTS) is 1. The van der Waals surface area contributed by atoms with Gasteiger partial charge in [0.15, 0.2) is 11.5 Å². The lowest BCUT2D eigenvalue weighted by atomic mass is 10.1. The predicted molar refractivity (Wildman–Crippen MR) is 83.0 cm³/mol. The van der Waals surface area contributed by atoms with Crippen LogP contribution in [-0.4, -0.2) is 45.0 Å². The maximum absolute atomic E-state index is 11.9. The molecule has 1 N–H and O–H groups in total. The topological polar surface area (TPSA) is 91.3 Å². The van der Waals surface area contributed by atoms with Crippen LogP contribution in [0.25, 0.3) is 6.08 Å². The van der Waals surface area contributed by atoms with E-state index in [-0.39, 0.29) is 12.2 Å². The minimum atomic E-state index is -1.14. The van der Waals surface area contributed by atoms with Crippen LogP contribution in [0.15, 0.2) is 17.7 Å². The van der Waals surface area contributed by atoms with E-state index < -0.39 is 18.4 Å². The number of carboxylic acids is 1. The molecule has 0 atom stereocenters. The fraction of sp³-hybridized carbons (Fsp3) is 0.375. The molecule has 1 aromatic carbocycles. The van der Waals surface area contributed by atoms with Gasteiger partial charge in [0.05, 0.1) is 34.4 Å². The summed E-state index contributed by atoms with van der Waals surface area (Å²) >= 11 is 0. The van der Waals surface area contributed by atoms with Gasteiger partial charge in [-0.3, -0.25) is 4.79 Å². The van der Waals surface area contributed by atoms with Crippen LogP contribution in [-0.2, 0) is 14.3 Å². The first-order valence-corrected chi connectivity index (χ1v) is 6.86. The molecule has 0 aliphatic carbocycles. The summed E-state index contributed by atoms with van der Waals surface area (Å²) in [4.78, 5) is 22.9. The maximum atomic E-state index is 11.9. The summed E-state index contributed by atoms with van der Waals surface area (Å²) in [7, 11) is 4.42. The van der Waals surface area contributed by atoms with Gasteiger partial charge in [0.2, 0.25) is 0 Å². The summed E-state index contributed by atoms with van der Waals surface area (Å²) in [5.41, 5.74) is 0.485. The molecule has 0 bridgehead atoms. The zero-order chi connectivity index (χ0) is 17.4. The van der Waals surface area contributed by atoms with Crippen LogP contribution in [0.5, 0.6) is 17.2 Å². The van der Waals surface area contributed by atoms with Gasteiger partial charge in [0.1, 0.15) is 5.75 Å². The van der Waals surface area contributed by atoms with Crippen molar-refractivity contribution in [2.45, 2.75) is 13.3 Å². The number of aliphatic carboxylic acids is 1. The summed E-state index contributed by atoms with van der Waals surface area (Å²) in [6, 6.07) is 3.19. The molecule has 0 aromatic heterocycles. The average molecular weight is 324 g/mol. The Labute approximate surface area is 134 Å². The molecule has 0 heterocycles. The predicted octanol–water partition coefficient (Wildman–Crippen LogP) is 2.13. The molecule has 23 heavy (non-hydrogen) atoms. The van der Waals surface area contributed by atoms with E-state index in [0.29, 0.717) is 22.8 Å². The first-order chi connectivity index (χ1) is 11.0. The van der Waals surface area contributed by atoms with Gasteiger partial charge in [0.25, 0.3) is 0 Å². The number of carbonyl (C=O) groups excluding carboxylic acids is 1. The molecule has 0 saturated carbocycles. The van der Waals surface area contributed by atoms with Crippen LogP contribution in [0.3, 0.4) is 0 Å². The summed E-state index contributed by atoms with van der Waals surface area (Å²) in [6.07, 6.45) is 0.948. The lowest BCUT2D eigenvalue weighted by molar-refractivity contribution is -0.142. The Morgan fingerprint density at radius 3 is 2.09 bits per heavy atom. The highest BCUT2D eigenvalue weighted by Crippen LogP contribution is 2.35. The highest BCUT2D eigenvalue weighted by molar-refractivity contribution is 5.98. The molecule has 1 rings (SSSR count). The number of esters is 1. The highest BCUT2D eigenvalue weighted by Gasteiger charge is 2.17. The lowest BCUT2D eigenvalue weighted by Gasteiger charge is -2.13. The standard InChI is InChI=1S/C16H20O7/c1-5-23-16(19)11(8-15(17)18)6-10-7-13(21-3)14(22-4)9-12(10)20-2/h6-7,9H,5,8H2,1-4H3,(H,17,18)/b11-6+. The third kappa shape index (κ3) is 4.91. The van der Waals surface area contributed by atoms with Gasteiger partial charge < -0.3 is 24.1 Å². The Kier molecular flexibility index (Phi) is 6.92. The Morgan fingerprint density at radius 1 is 1.04 bits per heavy atom. The van der Waals surface area contributed by atoms with E-state index in [2.05, 4.69) is 0 Å². The summed E-state index contributed by atoms with van der Waals surface area (Å²) in [5.74, 6) is -0.527. The van der Waals surface area contributed by atoms with Crippen molar-refractivity contribution in [2.24, 2.45) is 0 Å². The maximum Gasteiger partial charge on any atom is 0.334 e. The fourth-order valence-corrected chi connectivity index (χ4v) is 1.92. The van der Waals surface area contributed by atoms with Crippen LogP contribution < -0.4 is 14.2 Å². The van der Waals surface area contributed by atoms with Crippen molar-refractivity contribution in [3.8, 4) is 17.2 Å². The molecule has 126 valence electrons. The Morgan fingerprint density at radius 2 is 1.61 bits per heavy atom. The molecule has 0 aliphatic heterocycles. The van der Waals surface area contributed by atoms with Gasteiger partial charge in [-0.05, 0) is 19.1 Å². The van der Waals surface area contributed by atoms with Gasteiger partial charge >= 0.3 is 11.9 Å². The Hall–Kier alpha value is -2.70. The number of methoxy groups -OCH3 is 3. The van der Waals surface area contributed by atoms with Crippen molar-refractivity contribution < 1.29 is 33.6 Å². The average Bonchev–Trinajstić information content (AvgIpc) is 2.53. The Balaban J connectivity index is 3.38. The van der Waals surface area contributed by atoms with Crippen LogP contribution >= 0.6 is 0 Å². The number of hydrogen-bond acceptors (Lipinski definition) is 6. The third-order valence-electron chi connectivity index (χ3n) is 2.94. The van der Waals surface area contributed by atoms with Gasteiger partial charge in [-0.15, -0.1) is 0 Å². The zero-order valence-corrected chi connectivity index (χ0v) is 13.5. The third-order valence-corrected chi connectivity index (χ3v) is 2.94. The number of carbonyl (C=O) groups is 2. The smallest absolute Gasteiger partial charge is 0.334 e.